The number of carbonyl (C=O) groups is 1. The molecule has 1 fully saturated rings. The van der Waals surface area contributed by atoms with Gasteiger partial charge >= 0.3 is 0 Å². The molecule has 180 valence electrons. The largest absolute Gasteiger partial charge is 0.338 e. The van der Waals surface area contributed by atoms with Gasteiger partial charge in [0.2, 0.25) is 17.6 Å². The highest BCUT2D eigenvalue weighted by Crippen LogP contribution is 2.27. The van der Waals surface area contributed by atoms with Crippen molar-refractivity contribution in [3.63, 3.8) is 0 Å². The lowest BCUT2D eigenvalue weighted by Crippen LogP contribution is -2.40. The van der Waals surface area contributed by atoms with Gasteiger partial charge in [-0.3, -0.25) is 9.69 Å². The molecule has 2 heterocycles. The van der Waals surface area contributed by atoms with Crippen molar-refractivity contribution in [3.05, 3.63) is 65.5 Å². The molecule has 1 aromatic heterocycles. The lowest BCUT2D eigenvalue weighted by Gasteiger charge is -2.31. The van der Waals surface area contributed by atoms with Crippen molar-refractivity contribution in [2.75, 3.05) is 18.4 Å². The average Bonchev–Trinajstić information content (AvgIpc) is 3.27. The minimum Gasteiger partial charge on any atom is -0.338 e. The molecule has 6 nitrogen and oxygen atoms in total. The summed E-state index contributed by atoms with van der Waals surface area (Å²) < 4.78 is 5.55. The quantitative estimate of drug-likeness (QED) is 0.488. The summed E-state index contributed by atoms with van der Waals surface area (Å²) in [5.74, 6) is 1.58. The van der Waals surface area contributed by atoms with Crippen LogP contribution >= 0.6 is 0 Å². The Hall–Kier alpha value is -2.99. The number of benzene rings is 2. The Morgan fingerprint density at radius 3 is 2.59 bits per heavy atom. The van der Waals surface area contributed by atoms with E-state index in [0.717, 1.165) is 36.2 Å². The first-order chi connectivity index (χ1) is 16.2. The fourth-order valence-electron chi connectivity index (χ4n) is 4.51. The molecule has 1 unspecified atom stereocenters. The third-order valence-corrected chi connectivity index (χ3v) is 6.55. The summed E-state index contributed by atoms with van der Waals surface area (Å²) in [5, 5.41) is 7.36. The molecule has 3 aromatic rings. The minimum atomic E-state index is -0.0543. The monoisotopic (exact) mass is 460 g/mol. The highest BCUT2D eigenvalue weighted by atomic mass is 16.5. The second-order valence-electron chi connectivity index (χ2n) is 10.6. The third kappa shape index (κ3) is 5.73. The molecule has 1 atom stereocenters. The van der Waals surface area contributed by atoms with E-state index in [2.05, 4.69) is 73.2 Å². The summed E-state index contributed by atoms with van der Waals surface area (Å²) in [6.07, 6.45) is 1.86. The molecule has 1 amide bonds. The van der Waals surface area contributed by atoms with Gasteiger partial charge in [-0.25, -0.2) is 0 Å². The van der Waals surface area contributed by atoms with Gasteiger partial charge in [-0.15, -0.1) is 0 Å². The van der Waals surface area contributed by atoms with Gasteiger partial charge < -0.3 is 9.84 Å². The van der Waals surface area contributed by atoms with E-state index in [9.17, 15) is 4.79 Å². The fraction of sp³-hybridized carbons (Fsp3) is 0.464. The number of nitrogens with zero attached hydrogens (tertiary/aromatic N) is 3. The van der Waals surface area contributed by atoms with Crippen molar-refractivity contribution >= 4 is 11.6 Å². The first-order valence-corrected chi connectivity index (χ1v) is 12.3. The van der Waals surface area contributed by atoms with Crippen LogP contribution in [0.3, 0.4) is 0 Å². The molecule has 0 bridgehead atoms. The molecular weight excluding hydrogens is 424 g/mol. The number of amides is 1. The van der Waals surface area contributed by atoms with Crippen LogP contribution in [0.15, 0.2) is 53.1 Å². The van der Waals surface area contributed by atoms with Crippen LogP contribution in [-0.4, -0.2) is 34.0 Å². The molecule has 4 rings (SSSR count). The summed E-state index contributed by atoms with van der Waals surface area (Å²) in [6.45, 7) is 13.0. The van der Waals surface area contributed by atoms with Crippen molar-refractivity contribution in [2.24, 2.45) is 5.92 Å². The Morgan fingerprint density at radius 1 is 1.15 bits per heavy atom. The SMILES string of the molecule is CC(C)c1ccccc1NC(=O)C1CCCN(Cc2nc(-c3ccc(C(C)(C)C)cc3)no2)C1. The van der Waals surface area contributed by atoms with Gasteiger partial charge in [0.25, 0.3) is 0 Å². The molecule has 0 radical (unpaired) electrons. The Balaban J connectivity index is 1.37. The molecule has 1 N–H and O–H groups in total. The predicted octanol–water partition coefficient (Wildman–Crippen LogP) is 6.01. The second-order valence-corrected chi connectivity index (χ2v) is 10.6. The normalized spacial score (nSPS) is 17.2. The van der Waals surface area contributed by atoms with E-state index in [1.54, 1.807) is 0 Å². The minimum absolute atomic E-state index is 0.0543. The molecule has 0 aliphatic carbocycles. The zero-order valence-electron chi connectivity index (χ0n) is 21.0. The first-order valence-electron chi connectivity index (χ1n) is 12.3. The maximum Gasteiger partial charge on any atom is 0.241 e. The van der Waals surface area contributed by atoms with Gasteiger partial charge in [-0.1, -0.05) is 82.2 Å². The smallest absolute Gasteiger partial charge is 0.241 e. The van der Waals surface area contributed by atoms with E-state index >= 15 is 0 Å². The topological polar surface area (TPSA) is 71.3 Å². The van der Waals surface area contributed by atoms with Crippen molar-refractivity contribution < 1.29 is 9.32 Å². The lowest BCUT2D eigenvalue weighted by molar-refractivity contribution is -0.121. The van der Waals surface area contributed by atoms with Gasteiger partial charge in [0.05, 0.1) is 12.5 Å². The molecule has 6 heteroatoms. The number of rotatable bonds is 6. The zero-order valence-corrected chi connectivity index (χ0v) is 21.0. The van der Waals surface area contributed by atoms with E-state index in [1.807, 2.05) is 30.3 Å². The van der Waals surface area contributed by atoms with E-state index in [4.69, 9.17) is 4.52 Å². The number of nitrogens with one attached hydrogen (secondary N) is 1. The van der Waals surface area contributed by atoms with Crippen LogP contribution in [0.1, 0.15) is 70.4 Å². The highest BCUT2D eigenvalue weighted by Gasteiger charge is 2.27. The Bertz CT molecular complexity index is 1110. The number of aromatic nitrogens is 2. The Morgan fingerprint density at radius 2 is 1.88 bits per heavy atom. The molecule has 0 saturated carbocycles. The summed E-state index contributed by atoms with van der Waals surface area (Å²) in [4.78, 5) is 19.9. The van der Waals surface area contributed by atoms with E-state index in [-0.39, 0.29) is 17.2 Å². The van der Waals surface area contributed by atoms with Crippen LogP contribution < -0.4 is 5.32 Å². The van der Waals surface area contributed by atoms with Crippen molar-refractivity contribution in [1.82, 2.24) is 15.0 Å². The van der Waals surface area contributed by atoms with Crippen LogP contribution in [0.5, 0.6) is 0 Å². The van der Waals surface area contributed by atoms with Crippen LogP contribution in [0.2, 0.25) is 0 Å². The maximum atomic E-state index is 13.0. The number of anilines is 1. The van der Waals surface area contributed by atoms with Crippen LogP contribution in [0.25, 0.3) is 11.4 Å². The van der Waals surface area contributed by atoms with E-state index < -0.39 is 0 Å². The maximum absolute atomic E-state index is 13.0. The molecule has 34 heavy (non-hydrogen) atoms. The van der Waals surface area contributed by atoms with E-state index in [0.29, 0.717) is 30.7 Å². The van der Waals surface area contributed by atoms with Crippen molar-refractivity contribution in [2.45, 2.75) is 65.3 Å². The summed E-state index contributed by atoms with van der Waals surface area (Å²) in [7, 11) is 0. The van der Waals surface area contributed by atoms with Crippen molar-refractivity contribution in [3.8, 4) is 11.4 Å². The van der Waals surface area contributed by atoms with Crippen molar-refractivity contribution in [1.29, 1.82) is 0 Å². The number of hydrogen-bond donors (Lipinski definition) is 1. The number of para-hydroxylation sites is 1. The standard InChI is InChI=1S/C28H36N4O2/c1-19(2)23-10-6-7-11-24(23)29-27(33)21-9-8-16-32(17-21)18-25-30-26(31-34-25)20-12-14-22(15-13-20)28(3,4)5/h6-7,10-15,19,21H,8-9,16-18H2,1-5H3,(H,29,33). The second kappa shape index (κ2) is 10.1. The van der Waals surface area contributed by atoms with Gasteiger partial charge in [0, 0.05) is 17.8 Å². The van der Waals surface area contributed by atoms with Gasteiger partial charge in [-0.05, 0) is 47.9 Å². The van der Waals surface area contributed by atoms with E-state index in [1.165, 1.54) is 5.56 Å². The van der Waals surface area contributed by atoms with Crippen LogP contribution in [0, 0.1) is 5.92 Å². The molecule has 1 aliphatic rings. The van der Waals surface area contributed by atoms with Crippen LogP contribution in [0.4, 0.5) is 5.69 Å². The van der Waals surface area contributed by atoms with Crippen LogP contribution in [-0.2, 0) is 16.8 Å². The predicted molar refractivity (Wildman–Crippen MR) is 136 cm³/mol. The molecule has 0 spiro atoms. The zero-order chi connectivity index (χ0) is 24.3. The van der Waals surface area contributed by atoms with Gasteiger partial charge in [0.1, 0.15) is 0 Å². The van der Waals surface area contributed by atoms with Gasteiger partial charge in [0.15, 0.2) is 0 Å². The first kappa shape index (κ1) is 24.1. The Kier molecular flexibility index (Phi) is 7.17. The third-order valence-electron chi connectivity index (χ3n) is 6.55. The average molecular weight is 461 g/mol. The lowest BCUT2D eigenvalue weighted by atomic mass is 9.87. The molecule has 2 aromatic carbocycles. The molecule has 1 aliphatic heterocycles. The number of carbonyl (C=O) groups excluding carboxylic acids is 1. The summed E-state index contributed by atoms with van der Waals surface area (Å²) in [6, 6.07) is 16.4. The molecular formula is C28H36N4O2. The van der Waals surface area contributed by atoms with Gasteiger partial charge in [-0.2, -0.15) is 4.98 Å². The fourth-order valence-corrected chi connectivity index (χ4v) is 4.51. The Labute approximate surface area is 202 Å². The number of likely N-dealkylation sites (tertiary alicyclic amines) is 1. The highest BCUT2D eigenvalue weighted by molar-refractivity contribution is 5.93. The summed E-state index contributed by atoms with van der Waals surface area (Å²) in [5.41, 5.74) is 4.40. The summed E-state index contributed by atoms with van der Waals surface area (Å²) >= 11 is 0. The number of piperidine rings is 1. The molecule has 1 saturated heterocycles. The number of hydrogen-bond acceptors (Lipinski definition) is 5.